The minimum atomic E-state index is -0.394. The van der Waals surface area contributed by atoms with Crippen LogP contribution in [0.4, 0.5) is 5.69 Å². The third kappa shape index (κ3) is 5.22. The maximum absolute atomic E-state index is 11.9. The number of carbonyl (C=O) groups excluding carboxylic acids is 1. The first-order valence-electron chi connectivity index (χ1n) is 7.28. The van der Waals surface area contributed by atoms with Crippen LogP contribution < -0.4 is 25.3 Å². The first-order chi connectivity index (χ1) is 11.2. The normalized spacial score (nSPS) is 11.7. The van der Waals surface area contributed by atoms with E-state index < -0.39 is 5.91 Å². The maximum Gasteiger partial charge on any atom is 0.265 e. The summed E-state index contributed by atoms with van der Waals surface area (Å²) in [6.45, 7) is 5.41. The third-order valence-electron chi connectivity index (χ3n) is 3.08. The number of hydrogen-bond donors (Lipinski definition) is 2. The molecule has 0 radical (unpaired) electrons. The van der Waals surface area contributed by atoms with Gasteiger partial charge in [-0.3, -0.25) is 4.79 Å². The molecule has 8 nitrogen and oxygen atoms in total. The molecule has 0 saturated carbocycles. The van der Waals surface area contributed by atoms with Gasteiger partial charge in [0.15, 0.2) is 18.1 Å². The summed E-state index contributed by atoms with van der Waals surface area (Å²) < 4.78 is 15.7. The lowest BCUT2D eigenvalue weighted by molar-refractivity contribution is -0.120. The third-order valence-corrected chi connectivity index (χ3v) is 3.08. The van der Waals surface area contributed by atoms with Crippen molar-refractivity contribution in [2.45, 2.75) is 20.8 Å². The summed E-state index contributed by atoms with van der Waals surface area (Å²) in [5, 5.41) is 6.40. The maximum atomic E-state index is 11.9. The van der Waals surface area contributed by atoms with Gasteiger partial charge >= 0.3 is 0 Å². The Morgan fingerprint density at radius 3 is 2.08 bits per heavy atom. The highest BCUT2D eigenvalue weighted by molar-refractivity contribution is 5.92. The molecule has 0 heterocycles. The van der Waals surface area contributed by atoms with Crippen molar-refractivity contribution < 1.29 is 23.8 Å². The number of methoxy groups -OCH3 is 3. The minimum absolute atomic E-state index is 0.270. The van der Waals surface area contributed by atoms with Gasteiger partial charge in [-0.1, -0.05) is 25.9 Å². The zero-order chi connectivity index (χ0) is 18.3. The molecular formula is C16H25N3O5. The van der Waals surface area contributed by atoms with Crippen molar-refractivity contribution in [3.63, 3.8) is 0 Å². The zero-order valence-corrected chi connectivity index (χ0v) is 14.9. The van der Waals surface area contributed by atoms with Crippen LogP contribution >= 0.6 is 0 Å². The molecule has 0 spiro atoms. The van der Waals surface area contributed by atoms with Gasteiger partial charge in [0.25, 0.3) is 5.91 Å². The van der Waals surface area contributed by atoms with Crippen molar-refractivity contribution in [1.82, 2.24) is 0 Å². The molecule has 0 aliphatic heterocycles. The van der Waals surface area contributed by atoms with Crippen LogP contribution in [0.2, 0.25) is 0 Å². The molecule has 134 valence electrons. The van der Waals surface area contributed by atoms with Crippen LogP contribution in [0.5, 0.6) is 17.2 Å². The van der Waals surface area contributed by atoms with Crippen molar-refractivity contribution in [1.29, 1.82) is 0 Å². The molecule has 0 aliphatic carbocycles. The molecule has 1 aromatic rings. The van der Waals surface area contributed by atoms with Gasteiger partial charge in [-0.25, -0.2) is 0 Å². The van der Waals surface area contributed by atoms with Crippen LogP contribution in [-0.2, 0) is 9.63 Å². The topological polar surface area (TPSA) is 104 Å². The highest BCUT2D eigenvalue weighted by atomic mass is 16.6. The van der Waals surface area contributed by atoms with Gasteiger partial charge in [-0.2, -0.15) is 0 Å². The molecular weight excluding hydrogens is 314 g/mol. The van der Waals surface area contributed by atoms with Crippen LogP contribution in [0.15, 0.2) is 17.3 Å². The lowest BCUT2D eigenvalue weighted by atomic mass is 9.96. The fourth-order valence-electron chi connectivity index (χ4n) is 1.65. The number of nitrogens with zero attached hydrogens (tertiary/aromatic N) is 1. The Bertz CT molecular complexity index is 583. The molecule has 1 aromatic carbocycles. The number of nitrogens with two attached hydrogens (primary N) is 1. The minimum Gasteiger partial charge on any atom is -0.493 e. The second-order valence-electron chi connectivity index (χ2n) is 5.96. The number of nitrogens with one attached hydrogen (secondary N) is 1. The molecule has 0 atom stereocenters. The van der Waals surface area contributed by atoms with Crippen molar-refractivity contribution in [2.75, 3.05) is 33.3 Å². The Balaban J connectivity index is 2.77. The van der Waals surface area contributed by atoms with Crippen molar-refractivity contribution in [3.8, 4) is 17.2 Å². The van der Waals surface area contributed by atoms with E-state index in [-0.39, 0.29) is 12.0 Å². The van der Waals surface area contributed by atoms with Crippen molar-refractivity contribution >= 4 is 17.4 Å². The largest absolute Gasteiger partial charge is 0.493 e. The number of hydrogen-bond acceptors (Lipinski definition) is 6. The summed E-state index contributed by atoms with van der Waals surface area (Å²) in [5.41, 5.74) is 5.90. The van der Waals surface area contributed by atoms with E-state index in [0.29, 0.717) is 28.8 Å². The summed E-state index contributed by atoms with van der Waals surface area (Å²) in [7, 11) is 4.50. The SMILES string of the molecule is COc1cc(NC(=O)CON=C(N)C(C)(C)C)cc(OC)c1OC. The van der Waals surface area contributed by atoms with Crippen molar-refractivity contribution in [2.24, 2.45) is 16.3 Å². The Kier molecular flexibility index (Phi) is 6.69. The van der Waals surface area contributed by atoms with E-state index in [1.807, 2.05) is 20.8 Å². The van der Waals surface area contributed by atoms with Gasteiger partial charge in [-0.15, -0.1) is 0 Å². The molecule has 8 heteroatoms. The van der Waals surface area contributed by atoms with Crippen LogP contribution in [0.25, 0.3) is 0 Å². The molecule has 0 aliphatic rings. The zero-order valence-electron chi connectivity index (χ0n) is 14.9. The highest BCUT2D eigenvalue weighted by Gasteiger charge is 2.17. The molecule has 0 aromatic heterocycles. The number of carbonyl (C=O) groups is 1. The van der Waals surface area contributed by atoms with Crippen LogP contribution in [0.1, 0.15) is 20.8 Å². The number of anilines is 1. The predicted octanol–water partition coefficient (Wildman–Crippen LogP) is 1.99. The smallest absolute Gasteiger partial charge is 0.265 e. The van der Waals surface area contributed by atoms with E-state index >= 15 is 0 Å². The van der Waals surface area contributed by atoms with Gasteiger partial charge in [0, 0.05) is 23.2 Å². The predicted molar refractivity (Wildman–Crippen MR) is 91.8 cm³/mol. The van der Waals surface area contributed by atoms with E-state index in [0.717, 1.165) is 0 Å². The van der Waals surface area contributed by atoms with Gasteiger partial charge in [0.1, 0.15) is 5.84 Å². The van der Waals surface area contributed by atoms with E-state index in [4.69, 9.17) is 24.8 Å². The fourth-order valence-corrected chi connectivity index (χ4v) is 1.65. The summed E-state index contributed by atoms with van der Waals surface area (Å²) in [6.07, 6.45) is 0. The van der Waals surface area contributed by atoms with Gasteiger partial charge in [-0.05, 0) is 0 Å². The number of amides is 1. The van der Waals surface area contributed by atoms with Crippen LogP contribution in [-0.4, -0.2) is 39.7 Å². The van der Waals surface area contributed by atoms with Gasteiger partial charge in [0.05, 0.1) is 21.3 Å². The standard InChI is InChI=1S/C16H25N3O5/c1-16(2,3)15(17)19-24-9-13(20)18-10-7-11(21-4)14(23-6)12(8-10)22-5/h7-8H,9H2,1-6H3,(H2,17,19)(H,18,20). The molecule has 0 fully saturated rings. The van der Waals surface area contributed by atoms with E-state index in [1.165, 1.54) is 21.3 Å². The Morgan fingerprint density at radius 2 is 1.67 bits per heavy atom. The summed E-state index contributed by atoms with van der Waals surface area (Å²) in [5.74, 6) is 1.22. The van der Waals surface area contributed by atoms with Gasteiger partial charge < -0.3 is 30.1 Å². The lowest BCUT2D eigenvalue weighted by Gasteiger charge is -2.16. The average Bonchev–Trinajstić information content (AvgIpc) is 2.52. The summed E-state index contributed by atoms with van der Waals surface area (Å²) in [6, 6.07) is 3.23. The molecule has 1 rings (SSSR count). The second-order valence-corrected chi connectivity index (χ2v) is 5.96. The van der Waals surface area contributed by atoms with E-state index in [2.05, 4.69) is 10.5 Å². The van der Waals surface area contributed by atoms with Crippen LogP contribution in [0, 0.1) is 5.41 Å². The summed E-state index contributed by atoms with van der Waals surface area (Å²) >= 11 is 0. The van der Waals surface area contributed by atoms with Crippen molar-refractivity contribution in [3.05, 3.63) is 12.1 Å². The first kappa shape index (κ1) is 19.4. The molecule has 3 N–H and O–H groups in total. The Hall–Kier alpha value is -2.64. The number of ether oxygens (including phenoxy) is 3. The molecule has 1 amide bonds. The molecule has 0 bridgehead atoms. The van der Waals surface area contributed by atoms with Crippen LogP contribution in [0.3, 0.4) is 0 Å². The highest BCUT2D eigenvalue weighted by Crippen LogP contribution is 2.39. The summed E-state index contributed by atoms with van der Waals surface area (Å²) in [4.78, 5) is 16.9. The van der Waals surface area contributed by atoms with Gasteiger partial charge in [0.2, 0.25) is 5.75 Å². The number of benzene rings is 1. The molecule has 0 unspecified atom stereocenters. The number of rotatable bonds is 7. The quantitative estimate of drug-likeness (QED) is 0.447. The average molecular weight is 339 g/mol. The number of oxime groups is 1. The van der Waals surface area contributed by atoms with E-state index in [9.17, 15) is 4.79 Å². The monoisotopic (exact) mass is 339 g/mol. The Morgan fingerprint density at radius 1 is 1.12 bits per heavy atom. The first-order valence-corrected chi connectivity index (χ1v) is 7.28. The van der Waals surface area contributed by atoms with E-state index in [1.54, 1.807) is 12.1 Å². The fraction of sp³-hybridized carbons (Fsp3) is 0.500. The Labute approximate surface area is 141 Å². The second kappa shape index (κ2) is 8.28. The molecule has 0 saturated heterocycles. The lowest BCUT2D eigenvalue weighted by Crippen LogP contribution is -2.29. The molecule has 24 heavy (non-hydrogen) atoms. The number of amidine groups is 1.